The lowest BCUT2D eigenvalue weighted by Crippen LogP contribution is -2.27. The second-order valence-electron chi connectivity index (χ2n) is 6.19. The third kappa shape index (κ3) is 2.83. The molecule has 0 aliphatic heterocycles. The van der Waals surface area contributed by atoms with Crippen molar-refractivity contribution >= 4 is 5.82 Å². The normalized spacial score (nSPS) is 15.8. The summed E-state index contributed by atoms with van der Waals surface area (Å²) in [5, 5.41) is 0. The zero-order valence-corrected chi connectivity index (χ0v) is 12.0. The number of rotatable bonds is 4. The van der Waals surface area contributed by atoms with Gasteiger partial charge in [-0.05, 0) is 37.5 Å². The molecule has 0 unspecified atom stereocenters. The fourth-order valence-corrected chi connectivity index (χ4v) is 2.21. The van der Waals surface area contributed by atoms with Crippen molar-refractivity contribution in [3.8, 4) is 0 Å². The van der Waals surface area contributed by atoms with E-state index in [9.17, 15) is 0 Å². The molecule has 0 bridgehead atoms. The number of pyridine rings is 1. The van der Waals surface area contributed by atoms with Gasteiger partial charge in [-0.15, -0.1) is 0 Å². The Labute approximate surface area is 110 Å². The zero-order valence-electron chi connectivity index (χ0n) is 12.0. The van der Waals surface area contributed by atoms with Crippen molar-refractivity contribution in [3.63, 3.8) is 0 Å². The lowest BCUT2D eigenvalue weighted by Gasteiger charge is -2.26. The molecule has 1 saturated carbocycles. The van der Waals surface area contributed by atoms with Crippen LogP contribution in [-0.4, -0.2) is 17.6 Å². The van der Waals surface area contributed by atoms with Crippen LogP contribution in [0.15, 0.2) is 12.1 Å². The summed E-state index contributed by atoms with van der Waals surface area (Å²) in [4.78, 5) is 7.27. The standard InChI is InChI=1S/C15H25N3/c1-5-18(12-6-7-12)14-9-11(10-16)8-13(17-14)15(2,3)4/h8-9,12H,5-7,10,16H2,1-4H3. The number of nitrogens with two attached hydrogens (primary N) is 1. The van der Waals surface area contributed by atoms with Crippen LogP contribution in [-0.2, 0) is 12.0 Å². The first kappa shape index (κ1) is 13.3. The smallest absolute Gasteiger partial charge is 0.129 e. The van der Waals surface area contributed by atoms with Crippen LogP contribution < -0.4 is 10.6 Å². The van der Waals surface area contributed by atoms with E-state index in [2.05, 4.69) is 44.7 Å². The summed E-state index contributed by atoms with van der Waals surface area (Å²) in [6.45, 7) is 10.4. The molecule has 1 aliphatic carbocycles. The van der Waals surface area contributed by atoms with Gasteiger partial charge < -0.3 is 10.6 Å². The maximum Gasteiger partial charge on any atom is 0.129 e. The van der Waals surface area contributed by atoms with Crippen LogP contribution in [0.5, 0.6) is 0 Å². The third-order valence-corrected chi connectivity index (χ3v) is 3.50. The highest BCUT2D eigenvalue weighted by molar-refractivity contribution is 5.46. The summed E-state index contributed by atoms with van der Waals surface area (Å²) in [6.07, 6.45) is 2.60. The lowest BCUT2D eigenvalue weighted by molar-refractivity contribution is 0.566. The lowest BCUT2D eigenvalue weighted by atomic mass is 9.90. The van der Waals surface area contributed by atoms with Gasteiger partial charge in [0.15, 0.2) is 0 Å². The summed E-state index contributed by atoms with van der Waals surface area (Å²) in [7, 11) is 0. The molecule has 0 saturated heterocycles. The first-order chi connectivity index (χ1) is 8.45. The minimum Gasteiger partial charge on any atom is -0.354 e. The predicted molar refractivity (Wildman–Crippen MR) is 76.9 cm³/mol. The summed E-state index contributed by atoms with van der Waals surface area (Å²) < 4.78 is 0. The van der Waals surface area contributed by atoms with Gasteiger partial charge in [-0.25, -0.2) is 4.98 Å². The highest BCUT2D eigenvalue weighted by Gasteiger charge is 2.29. The Morgan fingerprint density at radius 3 is 2.44 bits per heavy atom. The Morgan fingerprint density at radius 1 is 1.33 bits per heavy atom. The molecule has 2 rings (SSSR count). The summed E-state index contributed by atoms with van der Waals surface area (Å²) in [6, 6.07) is 4.99. The summed E-state index contributed by atoms with van der Waals surface area (Å²) in [5.41, 5.74) is 8.21. The van der Waals surface area contributed by atoms with Gasteiger partial charge in [0, 0.05) is 30.2 Å². The number of anilines is 1. The Morgan fingerprint density at radius 2 is 2.00 bits per heavy atom. The van der Waals surface area contributed by atoms with E-state index in [-0.39, 0.29) is 5.41 Å². The first-order valence-corrected chi connectivity index (χ1v) is 6.94. The fraction of sp³-hybridized carbons (Fsp3) is 0.667. The largest absolute Gasteiger partial charge is 0.354 e. The Balaban J connectivity index is 2.39. The van der Waals surface area contributed by atoms with E-state index in [4.69, 9.17) is 10.7 Å². The Hall–Kier alpha value is -1.09. The number of hydrogen-bond acceptors (Lipinski definition) is 3. The first-order valence-electron chi connectivity index (χ1n) is 6.94. The van der Waals surface area contributed by atoms with Crippen molar-refractivity contribution < 1.29 is 0 Å². The van der Waals surface area contributed by atoms with Gasteiger partial charge >= 0.3 is 0 Å². The van der Waals surface area contributed by atoms with E-state index in [0.717, 1.165) is 18.1 Å². The number of hydrogen-bond donors (Lipinski definition) is 1. The number of aromatic nitrogens is 1. The second kappa shape index (κ2) is 4.88. The molecule has 1 aromatic rings. The third-order valence-electron chi connectivity index (χ3n) is 3.50. The molecule has 1 heterocycles. The molecule has 1 aromatic heterocycles. The molecular weight excluding hydrogens is 222 g/mol. The molecule has 1 fully saturated rings. The van der Waals surface area contributed by atoms with Crippen LogP contribution in [0.4, 0.5) is 5.82 Å². The molecule has 18 heavy (non-hydrogen) atoms. The quantitative estimate of drug-likeness (QED) is 0.889. The number of nitrogens with zero attached hydrogens (tertiary/aromatic N) is 2. The molecule has 2 N–H and O–H groups in total. The van der Waals surface area contributed by atoms with Gasteiger partial charge in [0.2, 0.25) is 0 Å². The van der Waals surface area contributed by atoms with Crippen LogP contribution in [0.3, 0.4) is 0 Å². The highest BCUT2D eigenvalue weighted by atomic mass is 15.2. The molecule has 3 nitrogen and oxygen atoms in total. The average molecular weight is 247 g/mol. The van der Waals surface area contributed by atoms with Gasteiger partial charge in [-0.2, -0.15) is 0 Å². The van der Waals surface area contributed by atoms with Crippen molar-refractivity contribution in [2.75, 3.05) is 11.4 Å². The SMILES string of the molecule is CCN(c1cc(CN)cc(C(C)(C)C)n1)C1CC1. The molecule has 0 aromatic carbocycles. The van der Waals surface area contributed by atoms with E-state index in [0.29, 0.717) is 12.6 Å². The fourth-order valence-electron chi connectivity index (χ4n) is 2.21. The van der Waals surface area contributed by atoms with Crippen LogP contribution in [0.1, 0.15) is 51.8 Å². The monoisotopic (exact) mass is 247 g/mol. The predicted octanol–water partition coefficient (Wildman–Crippen LogP) is 2.83. The summed E-state index contributed by atoms with van der Waals surface area (Å²) in [5.74, 6) is 1.10. The second-order valence-corrected chi connectivity index (χ2v) is 6.19. The molecule has 1 aliphatic rings. The van der Waals surface area contributed by atoms with Gasteiger partial charge in [0.25, 0.3) is 0 Å². The molecule has 100 valence electrons. The molecule has 0 radical (unpaired) electrons. The topological polar surface area (TPSA) is 42.1 Å². The Bertz CT molecular complexity index is 416. The van der Waals surface area contributed by atoms with E-state index in [1.165, 1.54) is 18.4 Å². The van der Waals surface area contributed by atoms with Crippen LogP contribution >= 0.6 is 0 Å². The Kier molecular flexibility index (Phi) is 3.62. The van der Waals surface area contributed by atoms with E-state index in [1.54, 1.807) is 0 Å². The molecule has 0 atom stereocenters. The molecule has 0 amide bonds. The van der Waals surface area contributed by atoms with E-state index >= 15 is 0 Å². The van der Waals surface area contributed by atoms with Crippen molar-refractivity contribution in [2.24, 2.45) is 5.73 Å². The van der Waals surface area contributed by atoms with Crippen molar-refractivity contribution in [1.82, 2.24) is 4.98 Å². The molecule has 3 heteroatoms. The maximum atomic E-state index is 5.82. The van der Waals surface area contributed by atoms with Crippen LogP contribution in [0, 0.1) is 0 Å². The average Bonchev–Trinajstić information content (AvgIpc) is 3.13. The van der Waals surface area contributed by atoms with Crippen LogP contribution in [0.2, 0.25) is 0 Å². The zero-order chi connectivity index (χ0) is 13.3. The molecular formula is C15H25N3. The van der Waals surface area contributed by atoms with Crippen molar-refractivity contribution in [2.45, 2.75) is 58.5 Å². The van der Waals surface area contributed by atoms with Gasteiger partial charge in [0.1, 0.15) is 5.82 Å². The summed E-state index contributed by atoms with van der Waals surface area (Å²) >= 11 is 0. The van der Waals surface area contributed by atoms with Crippen LogP contribution in [0.25, 0.3) is 0 Å². The van der Waals surface area contributed by atoms with Gasteiger partial charge in [-0.1, -0.05) is 20.8 Å². The minimum absolute atomic E-state index is 0.0723. The highest BCUT2D eigenvalue weighted by Crippen LogP contribution is 2.32. The maximum absolute atomic E-state index is 5.82. The van der Waals surface area contributed by atoms with Gasteiger partial charge in [0.05, 0.1) is 0 Å². The van der Waals surface area contributed by atoms with Gasteiger partial charge in [-0.3, -0.25) is 0 Å². The van der Waals surface area contributed by atoms with Crippen molar-refractivity contribution in [1.29, 1.82) is 0 Å². The van der Waals surface area contributed by atoms with E-state index < -0.39 is 0 Å². The van der Waals surface area contributed by atoms with Crippen molar-refractivity contribution in [3.05, 3.63) is 23.4 Å². The minimum atomic E-state index is 0.0723. The molecule has 0 spiro atoms. The van der Waals surface area contributed by atoms with E-state index in [1.807, 2.05) is 0 Å².